The van der Waals surface area contributed by atoms with E-state index >= 15 is 0 Å². The van der Waals surface area contributed by atoms with Gasteiger partial charge in [0.1, 0.15) is 6.23 Å². The van der Waals surface area contributed by atoms with E-state index in [0.717, 1.165) is 0 Å². The smallest absolute Gasteiger partial charge is 0.325 e. The molecule has 6 nitrogen and oxygen atoms in total. The summed E-state index contributed by atoms with van der Waals surface area (Å²) in [5, 5.41) is 16.5. The second-order valence-corrected chi connectivity index (χ2v) is 3.60. The minimum absolute atomic E-state index is 0.180. The van der Waals surface area contributed by atoms with E-state index in [1.807, 2.05) is 0 Å². The largest absolute Gasteiger partial charge is 0.376 e. The minimum Gasteiger partial charge on any atom is -0.376 e. The lowest BCUT2D eigenvalue weighted by molar-refractivity contribution is 0.000261. The second kappa shape index (κ2) is 4.02. The van der Waals surface area contributed by atoms with Crippen LogP contribution in [0.1, 0.15) is 6.42 Å². The summed E-state index contributed by atoms with van der Waals surface area (Å²) in [6.45, 7) is 0. The van der Waals surface area contributed by atoms with Crippen LogP contribution in [0, 0.1) is 0 Å². The third-order valence-electron chi connectivity index (χ3n) is 0.843. The Bertz CT molecular complexity index is 133. The van der Waals surface area contributed by atoms with E-state index in [1.54, 1.807) is 0 Å². The predicted octanol–water partition coefficient (Wildman–Crippen LogP) is -1.15. The van der Waals surface area contributed by atoms with Gasteiger partial charge in [-0.05, 0) is 6.42 Å². The van der Waals surface area contributed by atoms with E-state index in [0.29, 0.717) is 0 Å². The molecule has 0 fully saturated rings. The number of hydrogen-bond donors (Lipinski definition) is 5. The second-order valence-electron chi connectivity index (χ2n) is 1.82. The Morgan fingerprint density at radius 2 is 2.00 bits per heavy atom. The molecule has 0 aromatic heterocycles. The molecule has 10 heavy (non-hydrogen) atoms. The molecule has 0 radical (unpaired) electrons. The average Bonchev–Trinajstić information content (AvgIpc) is 1.81. The Balaban J connectivity index is 3.46. The molecule has 0 amide bonds. The fourth-order valence-corrected chi connectivity index (χ4v) is 0.936. The Morgan fingerprint density at radius 3 is 2.30 bits per heavy atom. The molecule has 0 aromatic carbocycles. The summed E-state index contributed by atoms with van der Waals surface area (Å²) in [7, 11) is -4.04. The van der Waals surface area contributed by atoms with Gasteiger partial charge < -0.3 is 20.1 Å². The number of aliphatic hydroxyl groups is 1. The lowest BCUT2D eigenvalue weighted by Gasteiger charge is -2.07. The molecule has 0 aliphatic heterocycles. The van der Waals surface area contributed by atoms with Crippen molar-refractivity contribution in [3.8, 4) is 0 Å². The fraction of sp³-hybridized carbons (Fsp3) is 1.00. The standard InChI is InChI=1S/C3H10NO5P/c5-3(4-6)1-2-10(7,8)9/h3-6H,1-2H2,(H2,7,8,9)/t3-/m1/s1. The first-order chi connectivity index (χ1) is 4.45. The van der Waals surface area contributed by atoms with Crippen LogP contribution in [0.25, 0.3) is 0 Å². The van der Waals surface area contributed by atoms with Crippen molar-refractivity contribution >= 4 is 7.60 Å². The molecule has 0 aliphatic rings. The van der Waals surface area contributed by atoms with Crippen molar-refractivity contribution < 1.29 is 24.7 Å². The number of rotatable bonds is 4. The lowest BCUT2D eigenvalue weighted by Crippen LogP contribution is -2.25. The van der Waals surface area contributed by atoms with Crippen molar-refractivity contribution in [1.82, 2.24) is 5.48 Å². The van der Waals surface area contributed by atoms with Gasteiger partial charge in [0.25, 0.3) is 0 Å². The molecular formula is C3H10NO5P. The molecule has 0 saturated heterocycles. The van der Waals surface area contributed by atoms with Crippen LogP contribution in [0.2, 0.25) is 0 Å². The molecule has 0 aliphatic carbocycles. The zero-order chi connectivity index (χ0) is 8.20. The Morgan fingerprint density at radius 1 is 1.50 bits per heavy atom. The van der Waals surface area contributed by atoms with Gasteiger partial charge in [-0.2, -0.15) is 5.48 Å². The van der Waals surface area contributed by atoms with E-state index in [1.165, 1.54) is 5.48 Å². The van der Waals surface area contributed by atoms with Crippen LogP contribution in [0.15, 0.2) is 0 Å². The van der Waals surface area contributed by atoms with Crippen LogP contribution in [-0.2, 0) is 4.57 Å². The van der Waals surface area contributed by atoms with E-state index in [2.05, 4.69) is 0 Å². The SMILES string of the molecule is O=P(O)(O)CC[C@@H](O)NO. The highest BCUT2D eigenvalue weighted by molar-refractivity contribution is 7.51. The summed E-state index contributed by atoms with van der Waals surface area (Å²) in [6.07, 6.45) is -1.89. The summed E-state index contributed by atoms with van der Waals surface area (Å²) in [4.78, 5) is 16.5. The van der Waals surface area contributed by atoms with E-state index in [9.17, 15) is 4.57 Å². The zero-order valence-electron chi connectivity index (χ0n) is 5.14. The van der Waals surface area contributed by atoms with Gasteiger partial charge in [-0.25, -0.2) is 0 Å². The monoisotopic (exact) mass is 171 g/mol. The molecule has 0 saturated carbocycles. The molecule has 0 spiro atoms. The van der Waals surface area contributed by atoms with E-state index < -0.39 is 20.0 Å². The van der Waals surface area contributed by atoms with Crippen molar-refractivity contribution in [2.45, 2.75) is 12.6 Å². The van der Waals surface area contributed by atoms with Crippen molar-refractivity contribution in [3.63, 3.8) is 0 Å². The lowest BCUT2D eigenvalue weighted by atomic mass is 10.4. The van der Waals surface area contributed by atoms with Crippen LogP contribution in [0.5, 0.6) is 0 Å². The third-order valence-corrected chi connectivity index (χ3v) is 1.68. The zero-order valence-corrected chi connectivity index (χ0v) is 6.03. The van der Waals surface area contributed by atoms with Gasteiger partial charge in [-0.3, -0.25) is 4.57 Å². The summed E-state index contributed by atoms with van der Waals surface area (Å²) >= 11 is 0. The molecular weight excluding hydrogens is 161 g/mol. The molecule has 0 unspecified atom stereocenters. The Hall–Kier alpha value is 0.0300. The third kappa shape index (κ3) is 6.15. The number of hydroxylamine groups is 1. The molecule has 5 N–H and O–H groups in total. The van der Waals surface area contributed by atoms with Crippen molar-refractivity contribution in [2.75, 3.05) is 6.16 Å². The summed E-state index contributed by atoms with van der Waals surface area (Å²) in [5.74, 6) is 0. The van der Waals surface area contributed by atoms with Gasteiger partial charge in [0.2, 0.25) is 0 Å². The van der Waals surface area contributed by atoms with Crippen molar-refractivity contribution in [1.29, 1.82) is 0 Å². The first-order valence-corrected chi connectivity index (χ1v) is 4.38. The first kappa shape index (κ1) is 10.0. The van der Waals surface area contributed by atoms with Gasteiger partial charge >= 0.3 is 7.60 Å². The molecule has 0 rings (SSSR count). The van der Waals surface area contributed by atoms with Crippen LogP contribution < -0.4 is 5.48 Å². The number of hydrogen-bond acceptors (Lipinski definition) is 4. The normalized spacial score (nSPS) is 15.2. The maximum atomic E-state index is 10.1. The highest BCUT2D eigenvalue weighted by atomic mass is 31.2. The van der Waals surface area contributed by atoms with Crippen LogP contribution >= 0.6 is 7.60 Å². The van der Waals surface area contributed by atoms with Gasteiger partial charge in [0.15, 0.2) is 0 Å². The van der Waals surface area contributed by atoms with Gasteiger partial charge in [-0.15, -0.1) is 0 Å². The fourth-order valence-electron chi connectivity index (χ4n) is 0.355. The topological polar surface area (TPSA) is 110 Å². The molecule has 0 aromatic rings. The van der Waals surface area contributed by atoms with Crippen LogP contribution in [0.4, 0.5) is 0 Å². The summed E-state index contributed by atoms with van der Waals surface area (Å²) in [6, 6.07) is 0. The number of nitrogens with one attached hydrogen (secondary N) is 1. The molecule has 7 heteroatoms. The van der Waals surface area contributed by atoms with Gasteiger partial charge in [0.05, 0.1) is 6.16 Å². The van der Waals surface area contributed by atoms with Crippen molar-refractivity contribution in [3.05, 3.63) is 0 Å². The Kier molecular flexibility index (Phi) is 4.04. The summed E-state index contributed by atoms with van der Waals surface area (Å²) < 4.78 is 10.1. The maximum Gasteiger partial charge on any atom is 0.325 e. The predicted molar refractivity (Wildman–Crippen MR) is 32.5 cm³/mol. The van der Waals surface area contributed by atoms with E-state index in [4.69, 9.17) is 20.1 Å². The molecule has 0 bridgehead atoms. The quantitative estimate of drug-likeness (QED) is 0.207. The Labute approximate surface area is 57.6 Å². The average molecular weight is 171 g/mol. The number of aliphatic hydroxyl groups excluding tert-OH is 1. The molecule has 0 heterocycles. The highest BCUT2D eigenvalue weighted by Crippen LogP contribution is 2.34. The van der Waals surface area contributed by atoms with Gasteiger partial charge in [0, 0.05) is 0 Å². The van der Waals surface area contributed by atoms with Crippen LogP contribution in [0.3, 0.4) is 0 Å². The highest BCUT2D eigenvalue weighted by Gasteiger charge is 2.14. The first-order valence-electron chi connectivity index (χ1n) is 2.58. The molecule has 62 valence electrons. The summed E-state index contributed by atoms with van der Waals surface area (Å²) in [5.41, 5.74) is 1.45. The van der Waals surface area contributed by atoms with Crippen LogP contribution in [-0.4, -0.2) is 32.5 Å². The van der Waals surface area contributed by atoms with Crippen molar-refractivity contribution in [2.24, 2.45) is 0 Å². The molecule has 1 atom stereocenters. The van der Waals surface area contributed by atoms with E-state index in [-0.39, 0.29) is 6.42 Å². The van der Waals surface area contributed by atoms with Gasteiger partial charge in [-0.1, -0.05) is 0 Å². The minimum atomic E-state index is -4.04. The maximum absolute atomic E-state index is 10.1.